The van der Waals surface area contributed by atoms with Gasteiger partial charge in [-0.25, -0.2) is 9.78 Å². The minimum absolute atomic E-state index is 0.0986. The molecule has 0 bridgehead atoms. The highest BCUT2D eigenvalue weighted by atomic mass is 28.4. The minimum atomic E-state index is -2.55. The summed E-state index contributed by atoms with van der Waals surface area (Å²) >= 11 is 0. The van der Waals surface area contributed by atoms with Gasteiger partial charge in [-0.05, 0) is 97.2 Å². The van der Waals surface area contributed by atoms with Crippen LogP contribution in [0.4, 0.5) is 4.79 Å². The second-order valence-corrected chi connectivity index (χ2v) is 26.0. The molecule has 0 spiro atoms. The van der Waals surface area contributed by atoms with E-state index in [0.29, 0.717) is 25.8 Å². The summed E-state index contributed by atoms with van der Waals surface area (Å²) in [4.78, 5) is 71.2. The monoisotopic (exact) mass is 942 g/mol. The number of fused-ring (bicyclic) bond motifs is 1. The summed E-state index contributed by atoms with van der Waals surface area (Å²) < 4.78 is 41.1. The lowest BCUT2D eigenvalue weighted by Crippen LogP contribution is -2.63. The number of aromatic nitrogens is 3. The summed E-state index contributed by atoms with van der Waals surface area (Å²) in [5.74, 6) is -5.27. The summed E-state index contributed by atoms with van der Waals surface area (Å²) in [5.41, 5.74) is -1.21. The Labute approximate surface area is 393 Å². The van der Waals surface area contributed by atoms with Crippen LogP contribution in [0.25, 0.3) is 11.3 Å². The number of cyclic esters (lactones) is 1. The number of hydrogen-bond acceptors (Lipinski definition) is 14. The van der Waals surface area contributed by atoms with Gasteiger partial charge in [-0.3, -0.25) is 19.4 Å². The molecule has 370 valence electrons. The molecule has 5 rings (SSSR count). The minimum Gasteiger partial charge on any atom is -0.457 e. The number of amides is 1. The largest absolute Gasteiger partial charge is 0.457 e. The Morgan fingerprint density at radius 2 is 1.70 bits per heavy atom. The maximum absolute atomic E-state index is 15.2. The van der Waals surface area contributed by atoms with Gasteiger partial charge in [0.25, 0.3) is 0 Å². The number of rotatable bonds is 14. The molecule has 3 aliphatic heterocycles. The third-order valence-electron chi connectivity index (χ3n) is 15.1. The molecule has 0 aliphatic carbocycles. The number of nitrogens with zero attached hydrogens (tertiary/aromatic N) is 5. The van der Waals surface area contributed by atoms with Crippen LogP contribution in [0.5, 0.6) is 0 Å². The zero-order chi connectivity index (χ0) is 49.1. The lowest BCUT2D eigenvalue weighted by molar-refractivity contribution is -0.295. The first kappa shape index (κ1) is 53.4. The van der Waals surface area contributed by atoms with Crippen LogP contribution in [-0.2, 0) is 49.0 Å². The number of methoxy groups -OCH3 is 1. The zero-order valence-electron chi connectivity index (χ0n) is 42.2. The van der Waals surface area contributed by atoms with Crippen molar-refractivity contribution in [1.29, 1.82) is 0 Å². The molecule has 1 N–H and O–H groups in total. The third kappa shape index (κ3) is 11.3. The molecule has 2 aromatic rings. The number of aryl methyl sites for hydroxylation is 1. The number of likely N-dealkylation sites (N-methyl/N-ethyl adjacent to an activating group) is 1. The number of hydrogen-bond donors (Lipinski definition) is 1. The summed E-state index contributed by atoms with van der Waals surface area (Å²) in [6.07, 6.45) is 4.04. The van der Waals surface area contributed by atoms with E-state index >= 15 is 4.79 Å². The molecule has 1 unspecified atom stereocenters. The first-order chi connectivity index (χ1) is 30.8. The van der Waals surface area contributed by atoms with Gasteiger partial charge in [-0.2, -0.15) is 0 Å². The summed E-state index contributed by atoms with van der Waals surface area (Å²) in [7, 11) is 2.70. The Hall–Kier alpha value is -3.58. The van der Waals surface area contributed by atoms with Gasteiger partial charge in [0.2, 0.25) is 0 Å². The summed E-state index contributed by atoms with van der Waals surface area (Å²) in [6, 6.07) is 2.60. The number of aliphatic hydroxyl groups excluding tert-OH is 1. The molecule has 66 heavy (non-hydrogen) atoms. The number of esters is 1. The molecule has 3 aliphatic rings. The van der Waals surface area contributed by atoms with Crippen molar-refractivity contribution in [2.24, 2.45) is 23.7 Å². The molecule has 17 heteroatoms. The van der Waals surface area contributed by atoms with Crippen molar-refractivity contribution >= 4 is 31.9 Å². The smallest absolute Gasteiger partial charge is 0.411 e. The van der Waals surface area contributed by atoms with E-state index in [1.807, 2.05) is 69.6 Å². The number of unbranched alkanes of at least 4 members (excludes halogenated alkanes) is 1. The van der Waals surface area contributed by atoms with E-state index < -0.39 is 91.7 Å². The topological polar surface area (TPSA) is 181 Å². The number of carbonyl (C=O) groups is 4. The molecular formula is C49H79N5O11Si. The van der Waals surface area contributed by atoms with Crippen molar-refractivity contribution in [2.45, 2.75) is 180 Å². The van der Waals surface area contributed by atoms with Gasteiger partial charge in [-0.15, -0.1) is 0 Å². The predicted molar refractivity (Wildman–Crippen MR) is 252 cm³/mol. The molecular weight excluding hydrogens is 863 g/mol. The maximum Gasteiger partial charge on any atom is 0.411 e. The number of aliphatic hydroxyl groups is 1. The van der Waals surface area contributed by atoms with Crippen LogP contribution in [0.1, 0.15) is 101 Å². The van der Waals surface area contributed by atoms with Crippen molar-refractivity contribution in [3.8, 4) is 11.3 Å². The SMILES string of the molecule is CC[C@H]1OC(=O)[C@H](C)C(=O)[C@H](C)[C@@H](OC2O[C@H](C)C[C@H](N(C)C)[C@H]2O)[C@](C)(OC)C[C@@H](C)C(=O)[C@H](C)[C@H]2N(CCCCn3cnc(-c4cccnc4)c3)C(=O)O[C@]12CO[Si](C)(C)C(C)(C)C. The van der Waals surface area contributed by atoms with Crippen molar-refractivity contribution in [3.05, 3.63) is 37.1 Å². The van der Waals surface area contributed by atoms with Crippen LogP contribution < -0.4 is 0 Å². The van der Waals surface area contributed by atoms with Gasteiger partial charge >= 0.3 is 12.1 Å². The van der Waals surface area contributed by atoms with Crippen molar-refractivity contribution in [3.63, 3.8) is 0 Å². The van der Waals surface area contributed by atoms with Crippen LogP contribution in [0.15, 0.2) is 37.1 Å². The second kappa shape index (κ2) is 21.4. The number of carbonyl (C=O) groups excluding carboxylic acids is 4. The van der Waals surface area contributed by atoms with Gasteiger partial charge in [0.1, 0.15) is 23.9 Å². The van der Waals surface area contributed by atoms with Crippen molar-refractivity contribution < 1.29 is 52.4 Å². The highest BCUT2D eigenvalue weighted by Crippen LogP contribution is 2.46. The first-order valence-corrected chi connectivity index (χ1v) is 26.8. The van der Waals surface area contributed by atoms with Crippen LogP contribution >= 0.6 is 0 Å². The van der Waals surface area contributed by atoms with E-state index in [4.69, 9.17) is 28.1 Å². The Balaban J connectivity index is 1.55. The third-order valence-corrected chi connectivity index (χ3v) is 19.5. The number of imidazole rings is 1. The van der Waals surface area contributed by atoms with E-state index in [1.54, 1.807) is 37.5 Å². The molecule has 2 aromatic heterocycles. The van der Waals surface area contributed by atoms with Gasteiger partial charge in [0, 0.05) is 68.1 Å². The second-order valence-electron chi connectivity index (χ2n) is 21.1. The highest BCUT2D eigenvalue weighted by Gasteiger charge is 2.64. The fourth-order valence-electron chi connectivity index (χ4n) is 9.93. The Morgan fingerprint density at radius 1 is 1.02 bits per heavy atom. The fourth-order valence-corrected chi connectivity index (χ4v) is 10.9. The quantitative estimate of drug-likeness (QED) is 0.0891. The Bertz CT molecular complexity index is 1980. The number of ketones is 2. The van der Waals surface area contributed by atoms with Crippen LogP contribution in [0.3, 0.4) is 0 Å². The normalized spacial score (nSPS) is 34.3. The van der Waals surface area contributed by atoms with Crippen molar-refractivity contribution in [1.82, 2.24) is 24.3 Å². The highest BCUT2D eigenvalue weighted by molar-refractivity contribution is 6.74. The van der Waals surface area contributed by atoms with Gasteiger partial charge < -0.3 is 47.6 Å². The number of pyridine rings is 1. The Morgan fingerprint density at radius 3 is 2.30 bits per heavy atom. The Kier molecular flexibility index (Phi) is 17.3. The molecule has 0 aromatic carbocycles. The lowest BCUT2D eigenvalue weighted by atomic mass is 9.73. The van der Waals surface area contributed by atoms with Gasteiger partial charge in [-0.1, -0.05) is 48.5 Å². The van der Waals surface area contributed by atoms with Gasteiger partial charge in [0.05, 0.1) is 42.5 Å². The van der Waals surface area contributed by atoms with E-state index in [-0.39, 0.29) is 49.0 Å². The van der Waals surface area contributed by atoms with E-state index in [0.717, 1.165) is 11.3 Å². The predicted octanol–water partition coefficient (Wildman–Crippen LogP) is 6.93. The summed E-state index contributed by atoms with van der Waals surface area (Å²) in [6.45, 7) is 23.6. The molecule has 1 amide bonds. The van der Waals surface area contributed by atoms with E-state index in [9.17, 15) is 19.5 Å². The average molecular weight is 942 g/mol. The fraction of sp³-hybridized carbons (Fsp3) is 0.755. The van der Waals surface area contributed by atoms with Crippen molar-refractivity contribution in [2.75, 3.05) is 34.4 Å². The molecule has 5 heterocycles. The molecule has 0 radical (unpaired) electrons. The van der Waals surface area contributed by atoms with E-state index in [2.05, 4.69) is 43.8 Å². The maximum atomic E-state index is 15.2. The zero-order valence-corrected chi connectivity index (χ0v) is 43.2. The number of ether oxygens (including phenoxy) is 5. The molecule has 3 fully saturated rings. The summed E-state index contributed by atoms with van der Waals surface area (Å²) in [5, 5.41) is 11.3. The standard InChI is InChI=1S/C49H79N5O11Si/c1-16-38-49(28-61-66(14,15)47(7,8)9)42(54(46(59)65-49)23-18-17-22-53-27-36(51-29-53)35-20-19-21-50-26-35)32(4)39(55)30(2)25-48(10,60-13)43(33(5)40(56)34(6)44(58)63-38)64-45-41(57)37(52(11)12)24-31(3)62-45/h19-21,26-27,29-34,37-38,41-43,45,57H,16-18,22-25,28H2,1-15H3/t30-,31-,32+,33+,34-,37+,38-,41-,42-,43-,45?,48-,49-/m1/s1. The van der Waals surface area contributed by atoms with Crippen LogP contribution in [-0.4, -0.2) is 150 Å². The van der Waals surface area contributed by atoms with Crippen LogP contribution in [0.2, 0.25) is 18.1 Å². The molecule has 16 nitrogen and oxygen atoms in total. The molecule has 3 saturated heterocycles. The van der Waals surface area contributed by atoms with Gasteiger partial charge in [0.15, 0.2) is 26.0 Å². The van der Waals surface area contributed by atoms with E-state index in [1.165, 1.54) is 14.0 Å². The number of Topliss-reactive ketones (excluding diaryl/α,β-unsaturated/α-hetero) is 2. The molecule has 13 atom stereocenters. The first-order valence-electron chi connectivity index (χ1n) is 23.9. The molecule has 0 saturated carbocycles. The average Bonchev–Trinajstić information content (AvgIpc) is 3.86. The lowest BCUT2D eigenvalue weighted by Gasteiger charge is -2.47. The van der Waals surface area contributed by atoms with Crippen LogP contribution in [0, 0.1) is 23.7 Å².